The molecule has 0 unspecified atom stereocenters. The Balaban J connectivity index is 2.63. The Morgan fingerprint density at radius 3 is 2.82 bits per heavy atom. The number of ether oxygens (including phenoxy) is 1. The Hall–Kier alpha value is -0.830. The Kier molecular flexibility index (Phi) is 2.29. The fourth-order valence-electron chi connectivity index (χ4n) is 1.19. The Morgan fingerprint density at radius 1 is 1.82 bits per heavy atom. The molecule has 1 aliphatic rings. The zero-order chi connectivity index (χ0) is 8.43. The second-order valence-corrected chi connectivity index (χ2v) is 2.81. The minimum atomic E-state index is -0.413. The monoisotopic (exact) mass is 156 g/mol. The lowest BCUT2D eigenvalue weighted by molar-refractivity contribution is -0.136. The Bertz CT molecular complexity index is 196. The van der Waals surface area contributed by atoms with Crippen LogP contribution in [0.2, 0.25) is 0 Å². The number of carbonyl (C=O) groups is 1. The zero-order valence-corrected chi connectivity index (χ0v) is 6.70. The molecule has 0 aliphatic heterocycles. The number of carbonyl (C=O) groups excluding carboxylic acids is 1. The maximum Gasteiger partial charge on any atom is 0.333 e. The van der Waals surface area contributed by atoms with Gasteiger partial charge in [0.05, 0.1) is 13.2 Å². The van der Waals surface area contributed by atoms with Gasteiger partial charge in [-0.3, -0.25) is 0 Å². The van der Waals surface area contributed by atoms with Gasteiger partial charge in [0, 0.05) is 17.9 Å². The number of aliphatic hydroxyl groups excluding tert-OH is 1. The van der Waals surface area contributed by atoms with E-state index in [1.165, 1.54) is 7.11 Å². The molecule has 0 bridgehead atoms. The molecule has 0 amide bonds. The first-order valence-corrected chi connectivity index (χ1v) is 3.62. The van der Waals surface area contributed by atoms with Crippen molar-refractivity contribution in [1.29, 1.82) is 0 Å². The van der Waals surface area contributed by atoms with Crippen molar-refractivity contribution in [3.8, 4) is 0 Å². The molecular weight excluding hydrogens is 144 g/mol. The highest BCUT2D eigenvalue weighted by Gasteiger charge is 2.25. The van der Waals surface area contributed by atoms with Gasteiger partial charge in [-0.15, -0.1) is 0 Å². The smallest absolute Gasteiger partial charge is 0.333 e. The van der Waals surface area contributed by atoms with Gasteiger partial charge < -0.3 is 9.84 Å². The summed E-state index contributed by atoms with van der Waals surface area (Å²) in [5.74, 6) is -0.252. The predicted molar refractivity (Wildman–Crippen MR) is 39.9 cm³/mol. The van der Waals surface area contributed by atoms with Crippen LogP contribution in [0.5, 0.6) is 0 Å². The highest BCUT2D eigenvalue weighted by atomic mass is 16.5. The van der Waals surface area contributed by atoms with Gasteiger partial charge in [-0.05, 0) is 0 Å². The van der Waals surface area contributed by atoms with Crippen molar-refractivity contribution in [3.63, 3.8) is 0 Å². The normalized spacial score (nSPS) is 29.9. The quantitative estimate of drug-likeness (QED) is 0.562. The van der Waals surface area contributed by atoms with Crippen molar-refractivity contribution in [3.05, 3.63) is 11.6 Å². The lowest BCUT2D eigenvalue weighted by Gasteiger charge is -2.04. The molecule has 3 heteroatoms. The van der Waals surface area contributed by atoms with Crippen molar-refractivity contribution < 1.29 is 14.6 Å². The Labute approximate surface area is 65.7 Å². The standard InChI is InChI=1S/C8H12O3/c1-5-3-6(4-7(5)9)8(10)11-2/h3,5,7,9H,4H2,1-2H3/t5-,7-/m0/s1. The van der Waals surface area contributed by atoms with Gasteiger partial charge in [0.25, 0.3) is 0 Å². The largest absolute Gasteiger partial charge is 0.466 e. The molecule has 0 fully saturated rings. The van der Waals surface area contributed by atoms with E-state index in [1.807, 2.05) is 6.92 Å². The molecule has 0 aromatic carbocycles. The summed E-state index contributed by atoms with van der Waals surface area (Å²) in [4.78, 5) is 10.9. The molecular formula is C8H12O3. The van der Waals surface area contributed by atoms with Crippen LogP contribution < -0.4 is 0 Å². The predicted octanol–water partition coefficient (Wildman–Crippen LogP) is 0.486. The fraction of sp³-hybridized carbons (Fsp3) is 0.625. The number of esters is 1. The molecule has 0 aromatic rings. The van der Waals surface area contributed by atoms with Crippen molar-refractivity contribution in [2.45, 2.75) is 19.4 Å². The van der Waals surface area contributed by atoms with Crippen LogP contribution in [-0.4, -0.2) is 24.3 Å². The lowest BCUT2D eigenvalue weighted by atomic mass is 10.1. The first-order chi connectivity index (χ1) is 5.15. The molecule has 62 valence electrons. The lowest BCUT2D eigenvalue weighted by Crippen LogP contribution is -2.10. The molecule has 0 saturated carbocycles. The van der Waals surface area contributed by atoms with Crippen LogP contribution in [0.15, 0.2) is 11.6 Å². The summed E-state index contributed by atoms with van der Waals surface area (Å²) < 4.78 is 4.51. The number of hydrogen-bond donors (Lipinski definition) is 1. The first-order valence-electron chi connectivity index (χ1n) is 3.62. The first kappa shape index (κ1) is 8.27. The zero-order valence-electron chi connectivity index (χ0n) is 6.70. The minimum Gasteiger partial charge on any atom is -0.466 e. The molecule has 1 aliphatic carbocycles. The third kappa shape index (κ3) is 1.60. The van der Waals surface area contributed by atoms with Crippen molar-refractivity contribution in [2.75, 3.05) is 7.11 Å². The number of methoxy groups -OCH3 is 1. The highest BCUT2D eigenvalue weighted by Crippen LogP contribution is 2.24. The van der Waals surface area contributed by atoms with Crippen molar-refractivity contribution >= 4 is 5.97 Å². The van der Waals surface area contributed by atoms with Crippen LogP contribution in [0.25, 0.3) is 0 Å². The summed E-state index contributed by atoms with van der Waals surface area (Å²) in [5, 5.41) is 9.25. The number of rotatable bonds is 1. The summed E-state index contributed by atoms with van der Waals surface area (Å²) in [5.41, 5.74) is 0.590. The fourth-order valence-corrected chi connectivity index (χ4v) is 1.19. The average molecular weight is 156 g/mol. The van der Waals surface area contributed by atoms with Gasteiger partial charge in [-0.1, -0.05) is 13.0 Å². The Morgan fingerprint density at radius 2 is 2.45 bits per heavy atom. The molecule has 2 atom stereocenters. The van der Waals surface area contributed by atoms with E-state index in [1.54, 1.807) is 6.08 Å². The molecule has 1 N–H and O–H groups in total. The minimum absolute atomic E-state index is 0.0732. The van der Waals surface area contributed by atoms with E-state index in [0.29, 0.717) is 12.0 Å². The molecule has 0 radical (unpaired) electrons. The second kappa shape index (κ2) is 3.05. The maximum absolute atomic E-state index is 10.9. The van der Waals surface area contributed by atoms with E-state index >= 15 is 0 Å². The van der Waals surface area contributed by atoms with E-state index in [2.05, 4.69) is 4.74 Å². The summed E-state index contributed by atoms with van der Waals surface area (Å²) >= 11 is 0. The summed E-state index contributed by atoms with van der Waals surface area (Å²) in [6.07, 6.45) is 1.77. The molecule has 0 heterocycles. The molecule has 11 heavy (non-hydrogen) atoms. The van der Waals surface area contributed by atoms with Gasteiger partial charge in [0.1, 0.15) is 0 Å². The van der Waals surface area contributed by atoms with Crippen LogP contribution in [0.4, 0.5) is 0 Å². The van der Waals surface area contributed by atoms with Crippen molar-refractivity contribution in [1.82, 2.24) is 0 Å². The van der Waals surface area contributed by atoms with Gasteiger partial charge in [-0.25, -0.2) is 4.79 Å². The molecule has 0 aromatic heterocycles. The van der Waals surface area contributed by atoms with Gasteiger partial charge in [0.15, 0.2) is 0 Å². The van der Waals surface area contributed by atoms with Crippen LogP contribution in [0, 0.1) is 5.92 Å². The highest BCUT2D eigenvalue weighted by molar-refractivity contribution is 5.89. The summed E-state index contributed by atoms with van der Waals surface area (Å²) in [6.45, 7) is 1.88. The number of hydrogen-bond acceptors (Lipinski definition) is 3. The molecule has 3 nitrogen and oxygen atoms in total. The van der Waals surface area contributed by atoms with Gasteiger partial charge >= 0.3 is 5.97 Å². The average Bonchev–Trinajstić information content (AvgIpc) is 2.31. The van der Waals surface area contributed by atoms with E-state index in [9.17, 15) is 9.90 Å². The van der Waals surface area contributed by atoms with Gasteiger partial charge in [-0.2, -0.15) is 0 Å². The SMILES string of the molecule is COC(=O)C1=C[C@H](C)[C@@H](O)C1. The van der Waals surface area contributed by atoms with Crippen LogP contribution in [0.1, 0.15) is 13.3 Å². The van der Waals surface area contributed by atoms with Crippen LogP contribution in [0.3, 0.4) is 0 Å². The second-order valence-electron chi connectivity index (χ2n) is 2.81. The third-order valence-corrected chi connectivity index (χ3v) is 1.95. The van der Waals surface area contributed by atoms with Crippen LogP contribution >= 0.6 is 0 Å². The third-order valence-electron chi connectivity index (χ3n) is 1.95. The van der Waals surface area contributed by atoms with Crippen molar-refractivity contribution in [2.24, 2.45) is 5.92 Å². The molecule has 0 spiro atoms. The maximum atomic E-state index is 10.9. The van der Waals surface area contributed by atoms with E-state index < -0.39 is 6.10 Å². The summed E-state index contributed by atoms with van der Waals surface area (Å²) in [6, 6.07) is 0. The van der Waals surface area contributed by atoms with E-state index in [-0.39, 0.29) is 11.9 Å². The van der Waals surface area contributed by atoms with E-state index in [0.717, 1.165) is 0 Å². The molecule has 1 rings (SSSR count). The van der Waals surface area contributed by atoms with E-state index in [4.69, 9.17) is 0 Å². The van der Waals surface area contributed by atoms with Crippen LogP contribution in [-0.2, 0) is 9.53 Å². The number of aliphatic hydroxyl groups is 1. The van der Waals surface area contributed by atoms with Gasteiger partial charge in [0.2, 0.25) is 0 Å². The topological polar surface area (TPSA) is 46.5 Å². The molecule has 0 saturated heterocycles. The summed E-state index contributed by atoms with van der Waals surface area (Å²) in [7, 11) is 1.35.